The maximum Gasteiger partial charge on any atom is 0.349 e. The van der Waals surface area contributed by atoms with Crippen molar-refractivity contribution in [2.45, 2.75) is 0 Å². The van der Waals surface area contributed by atoms with E-state index in [0.29, 0.717) is 11.0 Å². The molecule has 18 heavy (non-hydrogen) atoms. The highest BCUT2D eigenvalue weighted by atomic mass is 16.4. The first kappa shape index (κ1) is 12.1. The molecule has 1 aromatic carbocycles. The average molecular weight is 247 g/mol. The number of carbonyl (C=O) groups excluding carboxylic acids is 1. The number of nitrogens with zero attached hydrogens (tertiary/aromatic N) is 1. The molecule has 2 aromatic rings. The highest BCUT2D eigenvalue weighted by Crippen LogP contribution is 2.20. The van der Waals surface area contributed by atoms with Crippen molar-refractivity contribution >= 4 is 22.6 Å². The molecular formula is C12H13N3O3. The summed E-state index contributed by atoms with van der Waals surface area (Å²) in [4.78, 5) is 24.9. The van der Waals surface area contributed by atoms with Gasteiger partial charge in [0.2, 0.25) is 0 Å². The van der Waals surface area contributed by atoms with E-state index in [2.05, 4.69) is 0 Å². The fourth-order valence-corrected chi connectivity index (χ4v) is 1.61. The Morgan fingerprint density at radius 2 is 2.06 bits per heavy atom. The molecule has 1 aromatic heterocycles. The van der Waals surface area contributed by atoms with E-state index in [1.54, 1.807) is 12.1 Å². The number of amides is 1. The predicted molar refractivity (Wildman–Crippen MR) is 68.5 cm³/mol. The number of nitrogens with one attached hydrogen (secondary N) is 1. The number of anilines is 1. The van der Waals surface area contributed by atoms with E-state index in [9.17, 15) is 9.59 Å². The van der Waals surface area contributed by atoms with Gasteiger partial charge in [-0.3, -0.25) is 10.2 Å². The van der Waals surface area contributed by atoms with E-state index in [1.807, 2.05) is 30.5 Å². The number of hydrogen-bond acceptors (Lipinski definition) is 5. The van der Waals surface area contributed by atoms with E-state index in [0.717, 1.165) is 5.69 Å². The number of carbonyl (C=O) groups is 1. The third kappa shape index (κ3) is 2.05. The molecule has 0 fully saturated rings. The fourth-order valence-electron chi connectivity index (χ4n) is 1.61. The van der Waals surface area contributed by atoms with Gasteiger partial charge in [-0.1, -0.05) is 0 Å². The molecule has 1 heterocycles. The summed E-state index contributed by atoms with van der Waals surface area (Å²) in [7, 11) is 3.77. The van der Waals surface area contributed by atoms with Gasteiger partial charge in [-0.15, -0.1) is 0 Å². The number of hydrogen-bond donors (Lipinski definition) is 2. The zero-order valence-electron chi connectivity index (χ0n) is 10.1. The lowest BCUT2D eigenvalue weighted by Crippen LogP contribution is -2.33. The molecule has 0 aliphatic rings. The van der Waals surface area contributed by atoms with Gasteiger partial charge in [-0.2, -0.15) is 0 Å². The van der Waals surface area contributed by atoms with Crippen molar-refractivity contribution in [2.75, 3.05) is 19.0 Å². The van der Waals surface area contributed by atoms with E-state index in [4.69, 9.17) is 10.3 Å². The molecule has 6 nitrogen and oxygen atoms in total. The van der Waals surface area contributed by atoms with Crippen LogP contribution >= 0.6 is 0 Å². The number of nitrogen functional groups attached to an aromatic ring is 1. The second kappa shape index (κ2) is 4.50. The molecule has 0 saturated carbocycles. The van der Waals surface area contributed by atoms with E-state index < -0.39 is 11.5 Å². The lowest BCUT2D eigenvalue weighted by atomic mass is 10.1. The normalized spacial score (nSPS) is 10.4. The van der Waals surface area contributed by atoms with Gasteiger partial charge in [0.05, 0.1) is 0 Å². The molecule has 3 N–H and O–H groups in total. The third-order valence-corrected chi connectivity index (χ3v) is 2.61. The lowest BCUT2D eigenvalue weighted by Gasteiger charge is -2.12. The first-order valence-corrected chi connectivity index (χ1v) is 5.29. The van der Waals surface area contributed by atoms with E-state index >= 15 is 0 Å². The van der Waals surface area contributed by atoms with Crippen LogP contribution in [0.5, 0.6) is 0 Å². The Labute approximate surface area is 103 Å². The Hall–Kier alpha value is -2.34. The summed E-state index contributed by atoms with van der Waals surface area (Å²) < 4.78 is 5.11. The van der Waals surface area contributed by atoms with Gasteiger partial charge in [-0.25, -0.2) is 10.6 Å². The highest BCUT2D eigenvalue weighted by molar-refractivity contribution is 5.96. The molecular weight excluding hydrogens is 234 g/mol. The summed E-state index contributed by atoms with van der Waals surface area (Å²) in [6, 6.07) is 6.84. The number of benzene rings is 1. The van der Waals surface area contributed by atoms with Crippen LogP contribution in [0.3, 0.4) is 0 Å². The zero-order chi connectivity index (χ0) is 13.3. The molecule has 0 saturated heterocycles. The highest BCUT2D eigenvalue weighted by Gasteiger charge is 2.12. The first-order chi connectivity index (χ1) is 8.52. The van der Waals surface area contributed by atoms with Crippen LogP contribution in [-0.2, 0) is 0 Å². The van der Waals surface area contributed by atoms with E-state index in [1.165, 1.54) is 6.07 Å². The summed E-state index contributed by atoms with van der Waals surface area (Å²) >= 11 is 0. The van der Waals surface area contributed by atoms with Crippen LogP contribution in [0.1, 0.15) is 10.4 Å². The monoisotopic (exact) mass is 247 g/mol. The maximum atomic E-state index is 11.6. The van der Waals surface area contributed by atoms with Crippen molar-refractivity contribution in [1.29, 1.82) is 0 Å². The smallest absolute Gasteiger partial charge is 0.349 e. The second-order valence-corrected chi connectivity index (χ2v) is 4.04. The van der Waals surface area contributed by atoms with Crippen molar-refractivity contribution in [1.82, 2.24) is 5.43 Å². The Balaban J connectivity index is 2.64. The largest absolute Gasteiger partial charge is 0.422 e. The Morgan fingerprint density at radius 1 is 1.33 bits per heavy atom. The lowest BCUT2D eigenvalue weighted by molar-refractivity contribution is 0.0950. The molecule has 0 spiro atoms. The minimum atomic E-state index is -0.707. The van der Waals surface area contributed by atoms with Crippen LogP contribution in [0.4, 0.5) is 5.69 Å². The van der Waals surface area contributed by atoms with Crippen molar-refractivity contribution in [3.63, 3.8) is 0 Å². The summed E-state index contributed by atoms with van der Waals surface area (Å²) in [5.74, 6) is 4.33. The van der Waals surface area contributed by atoms with Gasteiger partial charge < -0.3 is 9.32 Å². The van der Waals surface area contributed by atoms with Crippen LogP contribution < -0.4 is 21.8 Å². The van der Waals surface area contributed by atoms with Gasteiger partial charge in [0.1, 0.15) is 11.1 Å². The van der Waals surface area contributed by atoms with Crippen molar-refractivity contribution in [3.8, 4) is 0 Å². The molecule has 1 amide bonds. The summed E-state index contributed by atoms with van der Waals surface area (Å²) in [6.45, 7) is 0. The van der Waals surface area contributed by atoms with Gasteiger partial charge in [0, 0.05) is 31.2 Å². The number of fused-ring (bicyclic) bond motifs is 1. The Morgan fingerprint density at radius 3 is 2.67 bits per heavy atom. The fraction of sp³-hybridized carbons (Fsp3) is 0.167. The van der Waals surface area contributed by atoms with Gasteiger partial charge in [0.25, 0.3) is 5.91 Å². The molecule has 0 bridgehead atoms. The van der Waals surface area contributed by atoms with E-state index in [-0.39, 0.29) is 5.56 Å². The summed E-state index contributed by atoms with van der Waals surface area (Å²) in [5.41, 5.74) is 2.43. The molecule has 94 valence electrons. The van der Waals surface area contributed by atoms with Crippen LogP contribution in [0.25, 0.3) is 11.0 Å². The van der Waals surface area contributed by atoms with Gasteiger partial charge >= 0.3 is 5.63 Å². The third-order valence-electron chi connectivity index (χ3n) is 2.61. The molecule has 0 unspecified atom stereocenters. The summed E-state index contributed by atoms with van der Waals surface area (Å²) in [5, 5.41) is 0.666. The van der Waals surface area contributed by atoms with Crippen LogP contribution in [-0.4, -0.2) is 20.0 Å². The van der Waals surface area contributed by atoms with Gasteiger partial charge in [0.15, 0.2) is 0 Å². The van der Waals surface area contributed by atoms with Crippen LogP contribution in [0.2, 0.25) is 0 Å². The quantitative estimate of drug-likeness (QED) is 0.348. The Bertz CT molecular complexity index is 661. The topological polar surface area (TPSA) is 88.6 Å². The van der Waals surface area contributed by atoms with Crippen LogP contribution in [0, 0.1) is 0 Å². The molecule has 6 heteroatoms. The standard InChI is InChI=1S/C12H13N3O3/c1-15(2)8-4-3-7-5-9(11(16)14-13)12(17)18-10(7)6-8/h3-6H,13H2,1-2H3,(H,14,16). The molecule has 0 aliphatic heterocycles. The number of rotatable bonds is 2. The Kier molecular flexibility index (Phi) is 3.03. The predicted octanol–water partition coefficient (Wildman–Crippen LogP) is 0.462. The maximum absolute atomic E-state index is 11.6. The molecule has 2 rings (SSSR count). The van der Waals surface area contributed by atoms with Crippen LogP contribution in [0.15, 0.2) is 33.5 Å². The van der Waals surface area contributed by atoms with Crippen molar-refractivity contribution in [2.24, 2.45) is 5.84 Å². The van der Waals surface area contributed by atoms with Crippen molar-refractivity contribution in [3.05, 3.63) is 40.2 Å². The minimum absolute atomic E-state index is 0.109. The van der Waals surface area contributed by atoms with Gasteiger partial charge in [-0.05, 0) is 18.2 Å². The summed E-state index contributed by atoms with van der Waals surface area (Å²) in [6.07, 6.45) is 0. The zero-order valence-corrected chi connectivity index (χ0v) is 10.1. The molecule has 0 radical (unpaired) electrons. The molecule has 0 atom stereocenters. The minimum Gasteiger partial charge on any atom is -0.422 e. The first-order valence-electron chi connectivity index (χ1n) is 5.29. The average Bonchev–Trinajstić information content (AvgIpc) is 2.36. The number of hydrazine groups is 1. The number of nitrogens with two attached hydrogens (primary N) is 1. The molecule has 0 aliphatic carbocycles. The second-order valence-electron chi connectivity index (χ2n) is 4.04. The SMILES string of the molecule is CN(C)c1ccc2cc(C(=O)NN)c(=O)oc2c1. The van der Waals surface area contributed by atoms with Crippen molar-refractivity contribution < 1.29 is 9.21 Å².